The zero-order chi connectivity index (χ0) is 14.7. The van der Waals surface area contributed by atoms with Crippen molar-refractivity contribution in [3.63, 3.8) is 0 Å². The van der Waals surface area contributed by atoms with Crippen molar-refractivity contribution in [3.05, 3.63) is 47.0 Å². The van der Waals surface area contributed by atoms with Gasteiger partial charge in [-0.25, -0.2) is 0 Å². The molecule has 1 atom stereocenters. The van der Waals surface area contributed by atoms with E-state index in [0.717, 1.165) is 11.4 Å². The largest absolute Gasteiger partial charge is 0.0843 e. The fraction of sp³-hybridized carbons (Fsp3) is 0.556. The molecule has 0 bridgehead atoms. The molecule has 0 aliphatic heterocycles. The lowest BCUT2D eigenvalue weighted by molar-refractivity contribution is 0.289. The Morgan fingerprint density at radius 2 is 1.74 bits per heavy atom. The molecule has 0 saturated heterocycles. The SMILES string of the molecule is CC(C)(C)/C=C/[C@@H](Cc1cccc(Cl)c1)C(C)(C)C. The van der Waals surface area contributed by atoms with Crippen LogP contribution in [0, 0.1) is 16.7 Å². The predicted molar refractivity (Wildman–Crippen MR) is 86.7 cm³/mol. The van der Waals surface area contributed by atoms with Crippen molar-refractivity contribution >= 4 is 11.6 Å². The first-order chi connectivity index (χ1) is 8.58. The van der Waals surface area contributed by atoms with Crippen molar-refractivity contribution in [2.24, 2.45) is 16.7 Å². The summed E-state index contributed by atoms with van der Waals surface area (Å²) in [4.78, 5) is 0. The molecule has 0 aliphatic carbocycles. The third-order valence-corrected chi connectivity index (χ3v) is 3.52. The van der Waals surface area contributed by atoms with E-state index in [1.807, 2.05) is 12.1 Å². The molecule has 0 unspecified atom stereocenters. The monoisotopic (exact) mass is 278 g/mol. The first kappa shape index (κ1) is 16.3. The van der Waals surface area contributed by atoms with Crippen molar-refractivity contribution in [3.8, 4) is 0 Å². The molecule has 1 heteroatoms. The smallest absolute Gasteiger partial charge is 0.0408 e. The number of allylic oxidation sites excluding steroid dienone is 2. The normalized spacial score (nSPS) is 14.9. The molecular weight excluding hydrogens is 252 g/mol. The highest BCUT2D eigenvalue weighted by molar-refractivity contribution is 6.30. The van der Waals surface area contributed by atoms with Gasteiger partial charge in [0.15, 0.2) is 0 Å². The van der Waals surface area contributed by atoms with Gasteiger partial charge in [-0.3, -0.25) is 0 Å². The maximum absolute atomic E-state index is 6.07. The number of halogens is 1. The Kier molecular flexibility index (Phi) is 5.26. The molecule has 0 saturated carbocycles. The van der Waals surface area contributed by atoms with E-state index in [-0.39, 0.29) is 10.8 Å². The number of rotatable bonds is 3. The van der Waals surface area contributed by atoms with Crippen molar-refractivity contribution < 1.29 is 0 Å². The van der Waals surface area contributed by atoms with Crippen molar-refractivity contribution in [1.29, 1.82) is 0 Å². The quantitative estimate of drug-likeness (QED) is 0.582. The van der Waals surface area contributed by atoms with Crippen LogP contribution in [0.2, 0.25) is 5.02 Å². The molecule has 1 rings (SSSR count). The van der Waals surface area contributed by atoms with Gasteiger partial charge in [0.05, 0.1) is 0 Å². The van der Waals surface area contributed by atoms with Crippen LogP contribution in [0.3, 0.4) is 0 Å². The van der Waals surface area contributed by atoms with Gasteiger partial charge in [0, 0.05) is 5.02 Å². The molecule has 1 aromatic carbocycles. The van der Waals surface area contributed by atoms with Gasteiger partial charge < -0.3 is 0 Å². The van der Waals surface area contributed by atoms with Crippen LogP contribution in [0.15, 0.2) is 36.4 Å². The topological polar surface area (TPSA) is 0 Å². The minimum atomic E-state index is 0.234. The van der Waals surface area contributed by atoms with Gasteiger partial charge in [-0.05, 0) is 40.9 Å². The summed E-state index contributed by atoms with van der Waals surface area (Å²) in [6.07, 6.45) is 5.74. The first-order valence-electron chi connectivity index (χ1n) is 7.02. The van der Waals surface area contributed by atoms with Gasteiger partial charge >= 0.3 is 0 Å². The van der Waals surface area contributed by atoms with Gasteiger partial charge in [-0.1, -0.05) is 77.4 Å². The average Bonchev–Trinajstić information content (AvgIpc) is 2.21. The maximum atomic E-state index is 6.07. The van der Waals surface area contributed by atoms with Crippen LogP contribution in [0.4, 0.5) is 0 Å². The molecule has 106 valence electrons. The average molecular weight is 279 g/mol. The minimum absolute atomic E-state index is 0.234. The van der Waals surface area contributed by atoms with Crippen molar-refractivity contribution in [1.82, 2.24) is 0 Å². The second-order valence-corrected chi connectivity index (χ2v) is 7.97. The molecule has 0 aliphatic rings. The van der Waals surface area contributed by atoms with E-state index in [1.165, 1.54) is 5.56 Å². The van der Waals surface area contributed by atoms with E-state index in [9.17, 15) is 0 Å². The highest BCUT2D eigenvalue weighted by atomic mass is 35.5. The van der Waals surface area contributed by atoms with Gasteiger partial charge in [-0.15, -0.1) is 0 Å². The summed E-state index contributed by atoms with van der Waals surface area (Å²) >= 11 is 6.07. The maximum Gasteiger partial charge on any atom is 0.0408 e. The molecule has 0 fully saturated rings. The Hall–Kier alpha value is -0.750. The van der Waals surface area contributed by atoms with Crippen LogP contribution in [0.5, 0.6) is 0 Å². The molecule has 1 aromatic rings. The van der Waals surface area contributed by atoms with Crippen molar-refractivity contribution in [2.75, 3.05) is 0 Å². The lowest BCUT2D eigenvalue weighted by Crippen LogP contribution is -2.21. The highest BCUT2D eigenvalue weighted by Crippen LogP contribution is 2.32. The summed E-state index contributed by atoms with van der Waals surface area (Å²) in [5.74, 6) is 0.519. The highest BCUT2D eigenvalue weighted by Gasteiger charge is 2.23. The number of hydrogen-bond donors (Lipinski definition) is 0. The Labute approximate surface area is 123 Å². The minimum Gasteiger partial charge on any atom is -0.0843 e. The van der Waals surface area contributed by atoms with Gasteiger partial charge in [-0.2, -0.15) is 0 Å². The van der Waals surface area contributed by atoms with Crippen LogP contribution in [-0.2, 0) is 6.42 Å². The van der Waals surface area contributed by atoms with Crippen LogP contribution in [0.25, 0.3) is 0 Å². The molecular formula is C18H27Cl. The summed E-state index contributed by atoms with van der Waals surface area (Å²) in [6.45, 7) is 13.6. The summed E-state index contributed by atoms with van der Waals surface area (Å²) in [7, 11) is 0. The second-order valence-electron chi connectivity index (χ2n) is 7.53. The second kappa shape index (κ2) is 6.13. The Morgan fingerprint density at radius 3 is 2.21 bits per heavy atom. The summed E-state index contributed by atoms with van der Waals surface area (Å²) < 4.78 is 0. The fourth-order valence-electron chi connectivity index (χ4n) is 1.99. The lowest BCUT2D eigenvalue weighted by Gasteiger charge is -2.29. The van der Waals surface area contributed by atoms with Gasteiger partial charge in [0.2, 0.25) is 0 Å². The predicted octanol–water partition coefficient (Wildman–Crippen LogP) is 6.15. The Balaban J connectivity index is 2.91. The first-order valence-corrected chi connectivity index (χ1v) is 7.39. The Bertz CT molecular complexity index is 430. The summed E-state index contributed by atoms with van der Waals surface area (Å²) in [6, 6.07) is 8.20. The molecule has 19 heavy (non-hydrogen) atoms. The molecule has 0 aromatic heterocycles. The van der Waals surface area contributed by atoms with Crippen LogP contribution in [0.1, 0.15) is 47.1 Å². The zero-order valence-electron chi connectivity index (χ0n) is 13.1. The molecule has 0 radical (unpaired) electrons. The van der Waals surface area contributed by atoms with Crippen molar-refractivity contribution in [2.45, 2.75) is 48.0 Å². The molecule has 0 spiro atoms. The summed E-state index contributed by atoms with van der Waals surface area (Å²) in [5.41, 5.74) is 1.80. The molecule has 0 nitrogen and oxygen atoms in total. The number of hydrogen-bond acceptors (Lipinski definition) is 0. The van der Waals surface area contributed by atoms with E-state index >= 15 is 0 Å². The van der Waals surface area contributed by atoms with E-state index < -0.39 is 0 Å². The third-order valence-electron chi connectivity index (χ3n) is 3.29. The lowest BCUT2D eigenvalue weighted by atomic mass is 9.76. The van der Waals surface area contributed by atoms with Crippen LogP contribution in [-0.4, -0.2) is 0 Å². The standard InChI is InChI=1S/C18H27Cl/c1-17(2,3)11-10-15(18(4,5)6)12-14-8-7-9-16(19)13-14/h7-11,13,15H,12H2,1-6H3/b11-10+/t15-/m0/s1. The van der Waals surface area contributed by atoms with E-state index in [1.54, 1.807) is 0 Å². The number of benzene rings is 1. The summed E-state index contributed by atoms with van der Waals surface area (Å²) in [5, 5.41) is 0.824. The molecule has 0 N–H and O–H groups in total. The third kappa shape index (κ3) is 6.29. The molecule has 0 heterocycles. The van der Waals surface area contributed by atoms with Crippen LogP contribution >= 0.6 is 11.6 Å². The molecule has 0 amide bonds. The van der Waals surface area contributed by atoms with Gasteiger partial charge in [0.25, 0.3) is 0 Å². The van der Waals surface area contributed by atoms with E-state index in [0.29, 0.717) is 5.92 Å². The Morgan fingerprint density at radius 1 is 1.11 bits per heavy atom. The van der Waals surface area contributed by atoms with Crippen LogP contribution < -0.4 is 0 Å². The fourth-order valence-corrected chi connectivity index (χ4v) is 2.20. The van der Waals surface area contributed by atoms with E-state index in [2.05, 4.69) is 65.8 Å². The van der Waals surface area contributed by atoms with E-state index in [4.69, 9.17) is 11.6 Å². The zero-order valence-corrected chi connectivity index (χ0v) is 13.9. The van der Waals surface area contributed by atoms with Gasteiger partial charge in [0.1, 0.15) is 0 Å².